The van der Waals surface area contributed by atoms with Crippen molar-refractivity contribution in [1.29, 1.82) is 0 Å². The van der Waals surface area contributed by atoms with Crippen molar-refractivity contribution in [3.63, 3.8) is 0 Å². The van der Waals surface area contributed by atoms with Crippen LogP contribution in [-0.4, -0.2) is 22.7 Å². The lowest BCUT2D eigenvalue weighted by molar-refractivity contribution is -0.384. The normalized spacial score (nSPS) is 11.2. The van der Waals surface area contributed by atoms with Crippen LogP contribution in [0.25, 0.3) is 11.3 Å². The number of anilines is 1. The van der Waals surface area contributed by atoms with Gasteiger partial charge in [0.15, 0.2) is 0 Å². The molecule has 0 aliphatic rings. The fourth-order valence-electron chi connectivity index (χ4n) is 2.24. The Hall–Kier alpha value is -3.26. The highest BCUT2D eigenvalue weighted by Gasteiger charge is 2.08. The zero-order valence-corrected chi connectivity index (χ0v) is 15.0. The fraction of sp³-hybridized carbons (Fsp3) is 0.111. The molecule has 0 bridgehead atoms. The van der Waals surface area contributed by atoms with Gasteiger partial charge in [0, 0.05) is 23.1 Å². The predicted molar refractivity (Wildman–Crippen MR) is 103 cm³/mol. The van der Waals surface area contributed by atoms with Gasteiger partial charge in [-0.3, -0.25) is 15.5 Å². The number of methoxy groups -OCH3 is 1. The number of nitrogens with zero attached hydrogens (tertiary/aromatic N) is 3. The Labute approximate surface area is 154 Å². The summed E-state index contributed by atoms with van der Waals surface area (Å²) in [6.07, 6.45) is 0. The summed E-state index contributed by atoms with van der Waals surface area (Å²) in [6, 6.07) is 13.9. The van der Waals surface area contributed by atoms with Gasteiger partial charge in [0.25, 0.3) is 5.69 Å². The van der Waals surface area contributed by atoms with Gasteiger partial charge in [-0.1, -0.05) is 0 Å². The number of benzene rings is 2. The molecule has 0 fully saturated rings. The topological polar surface area (TPSA) is 89.7 Å². The number of aromatic nitrogens is 1. The molecule has 0 radical (unpaired) electrons. The first-order valence-corrected chi connectivity index (χ1v) is 8.60. The molecule has 1 N–H and O–H groups in total. The van der Waals surface area contributed by atoms with E-state index in [1.54, 1.807) is 19.2 Å². The van der Waals surface area contributed by atoms with Crippen LogP contribution in [-0.2, 0) is 0 Å². The van der Waals surface area contributed by atoms with Crippen molar-refractivity contribution in [3.05, 3.63) is 69.6 Å². The number of thiazole rings is 1. The van der Waals surface area contributed by atoms with Crippen LogP contribution in [0.4, 0.5) is 10.8 Å². The van der Waals surface area contributed by atoms with Crippen molar-refractivity contribution in [1.82, 2.24) is 4.98 Å². The zero-order valence-electron chi connectivity index (χ0n) is 14.2. The van der Waals surface area contributed by atoms with E-state index in [-0.39, 0.29) is 5.69 Å². The van der Waals surface area contributed by atoms with E-state index in [0.717, 1.165) is 28.3 Å². The van der Waals surface area contributed by atoms with E-state index in [2.05, 4.69) is 15.5 Å². The third-order valence-corrected chi connectivity index (χ3v) is 4.45. The molecule has 3 rings (SSSR count). The number of hydrogen-bond donors (Lipinski definition) is 1. The van der Waals surface area contributed by atoms with Crippen molar-refractivity contribution in [2.75, 3.05) is 12.5 Å². The quantitative estimate of drug-likeness (QED) is 0.391. The largest absolute Gasteiger partial charge is 0.497 e. The van der Waals surface area contributed by atoms with Gasteiger partial charge in [0.05, 0.1) is 23.4 Å². The van der Waals surface area contributed by atoms with Gasteiger partial charge in [-0.2, -0.15) is 5.10 Å². The average molecular weight is 368 g/mol. The summed E-state index contributed by atoms with van der Waals surface area (Å²) in [4.78, 5) is 14.8. The summed E-state index contributed by atoms with van der Waals surface area (Å²) < 4.78 is 5.14. The SMILES string of the molecule is COc1ccc(/C(C)=N\Nc2nc(-c3ccc([N+](=O)[O-])cc3)cs2)cc1. The standard InChI is InChI=1S/C18H16N4O3S/c1-12(13-5-9-16(25-2)10-6-13)20-21-18-19-17(11-26-18)14-3-7-15(8-4-14)22(23)24/h3-11H,1-2H3,(H,19,21)/b20-12-. The Balaban J connectivity index is 1.70. The molecule has 1 aromatic heterocycles. The van der Waals surface area contributed by atoms with Gasteiger partial charge in [-0.05, 0) is 48.9 Å². The molecule has 0 atom stereocenters. The Morgan fingerprint density at radius 3 is 2.50 bits per heavy atom. The highest BCUT2D eigenvalue weighted by molar-refractivity contribution is 7.14. The molecule has 26 heavy (non-hydrogen) atoms. The third kappa shape index (κ3) is 4.04. The molecule has 0 amide bonds. The first kappa shape index (κ1) is 17.6. The lowest BCUT2D eigenvalue weighted by atomic mass is 10.1. The van der Waals surface area contributed by atoms with Crippen molar-refractivity contribution in [3.8, 4) is 17.0 Å². The number of nitro benzene ring substituents is 1. The summed E-state index contributed by atoms with van der Waals surface area (Å²) in [7, 11) is 1.63. The Morgan fingerprint density at radius 2 is 1.88 bits per heavy atom. The van der Waals surface area contributed by atoms with Crippen molar-refractivity contribution < 1.29 is 9.66 Å². The first-order chi connectivity index (χ1) is 12.6. The summed E-state index contributed by atoms with van der Waals surface area (Å²) in [6.45, 7) is 1.90. The number of nitro groups is 1. The van der Waals surface area contributed by atoms with Crippen LogP contribution in [0.3, 0.4) is 0 Å². The van der Waals surface area contributed by atoms with Gasteiger partial charge in [-0.25, -0.2) is 4.98 Å². The molecule has 0 spiro atoms. The van der Waals surface area contributed by atoms with E-state index >= 15 is 0 Å². The molecule has 132 valence electrons. The lowest BCUT2D eigenvalue weighted by Gasteiger charge is -2.03. The molecule has 3 aromatic rings. The van der Waals surface area contributed by atoms with Crippen LogP contribution >= 0.6 is 11.3 Å². The van der Waals surface area contributed by atoms with Crippen molar-refractivity contribution in [2.24, 2.45) is 5.10 Å². The van der Waals surface area contributed by atoms with E-state index in [4.69, 9.17) is 4.74 Å². The van der Waals surface area contributed by atoms with Crippen LogP contribution in [0.1, 0.15) is 12.5 Å². The summed E-state index contributed by atoms with van der Waals surface area (Å²) in [5.74, 6) is 0.794. The van der Waals surface area contributed by atoms with Gasteiger partial charge in [0.2, 0.25) is 5.13 Å². The molecule has 2 aromatic carbocycles. The van der Waals surface area contributed by atoms with Crippen LogP contribution < -0.4 is 10.2 Å². The fourth-order valence-corrected chi connectivity index (χ4v) is 2.90. The van der Waals surface area contributed by atoms with Crippen LogP contribution in [0, 0.1) is 10.1 Å². The van der Waals surface area contributed by atoms with Crippen LogP contribution in [0.5, 0.6) is 5.75 Å². The Bertz CT molecular complexity index is 934. The minimum atomic E-state index is -0.422. The van der Waals surface area contributed by atoms with Gasteiger partial charge >= 0.3 is 0 Å². The maximum absolute atomic E-state index is 10.7. The number of ether oxygens (including phenoxy) is 1. The molecule has 7 nitrogen and oxygen atoms in total. The van der Waals surface area contributed by atoms with E-state index in [1.807, 2.05) is 36.6 Å². The Kier molecular flexibility index (Phi) is 5.23. The average Bonchev–Trinajstić information content (AvgIpc) is 3.15. The maximum atomic E-state index is 10.7. The van der Waals surface area contributed by atoms with E-state index < -0.39 is 4.92 Å². The molecular formula is C18H16N4O3S. The molecule has 0 saturated carbocycles. The van der Waals surface area contributed by atoms with Gasteiger partial charge in [-0.15, -0.1) is 11.3 Å². The van der Waals surface area contributed by atoms with E-state index in [0.29, 0.717) is 5.13 Å². The maximum Gasteiger partial charge on any atom is 0.269 e. The summed E-state index contributed by atoms with van der Waals surface area (Å²) in [5, 5.41) is 17.6. The first-order valence-electron chi connectivity index (χ1n) is 7.72. The minimum Gasteiger partial charge on any atom is -0.497 e. The predicted octanol–water partition coefficient (Wildman–Crippen LogP) is 4.56. The van der Waals surface area contributed by atoms with Crippen LogP contribution in [0.15, 0.2) is 59.0 Å². The molecular weight excluding hydrogens is 352 g/mol. The van der Waals surface area contributed by atoms with Gasteiger partial charge in [0.1, 0.15) is 5.75 Å². The molecule has 0 aliphatic heterocycles. The van der Waals surface area contributed by atoms with Crippen molar-refractivity contribution in [2.45, 2.75) is 6.92 Å². The number of rotatable bonds is 6. The Morgan fingerprint density at radius 1 is 1.19 bits per heavy atom. The second kappa shape index (κ2) is 7.75. The second-order valence-electron chi connectivity index (χ2n) is 5.38. The zero-order chi connectivity index (χ0) is 18.5. The minimum absolute atomic E-state index is 0.0574. The smallest absolute Gasteiger partial charge is 0.269 e. The molecule has 0 unspecified atom stereocenters. The molecule has 0 saturated heterocycles. The number of hydrazone groups is 1. The monoisotopic (exact) mass is 368 g/mol. The molecule has 0 aliphatic carbocycles. The highest BCUT2D eigenvalue weighted by atomic mass is 32.1. The second-order valence-corrected chi connectivity index (χ2v) is 6.24. The number of hydrogen-bond acceptors (Lipinski definition) is 7. The highest BCUT2D eigenvalue weighted by Crippen LogP contribution is 2.26. The van der Waals surface area contributed by atoms with Crippen molar-refractivity contribution >= 4 is 27.9 Å². The summed E-state index contributed by atoms with van der Waals surface area (Å²) in [5.41, 5.74) is 6.36. The van der Waals surface area contributed by atoms with E-state index in [9.17, 15) is 10.1 Å². The molecule has 8 heteroatoms. The number of non-ortho nitro benzene ring substituents is 1. The van der Waals surface area contributed by atoms with Crippen LogP contribution in [0.2, 0.25) is 0 Å². The summed E-state index contributed by atoms with van der Waals surface area (Å²) >= 11 is 1.41. The van der Waals surface area contributed by atoms with Gasteiger partial charge < -0.3 is 4.74 Å². The lowest BCUT2D eigenvalue weighted by Crippen LogP contribution is -1.99. The van der Waals surface area contributed by atoms with E-state index in [1.165, 1.54) is 23.5 Å². The third-order valence-electron chi connectivity index (χ3n) is 3.71. The molecule has 1 heterocycles. The number of nitrogens with one attached hydrogen (secondary N) is 1.